The molecule has 0 saturated carbocycles. The Bertz CT molecular complexity index is 6740. The summed E-state index contributed by atoms with van der Waals surface area (Å²) < 4.78 is 11.5. The summed E-state index contributed by atoms with van der Waals surface area (Å²) in [7, 11) is 0. The van der Waals surface area contributed by atoms with Crippen molar-refractivity contribution in [1.82, 2.24) is 49.8 Å². The molecular formula is C107H88N10S5. The zero-order valence-corrected chi connectivity index (χ0v) is 74.7. The van der Waals surface area contributed by atoms with E-state index in [9.17, 15) is 0 Å². The van der Waals surface area contributed by atoms with E-state index in [0.717, 1.165) is 73.1 Å². The maximum Gasteiger partial charge on any atom is 0.163 e. The molecule has 12 heterocycles. The number of aryl methyl sites for hydroxylation is 14. The third kappa shape index (κ3) is 15.9. The van der Waals surface area contributed by atoms with Crippen molar-refractivity contribution in [3.05, 3.63) is 381 Å². The highest BCUT2D eigenvalue weighted by molar-refractivity contribution is 7.27. The van der Waals surface area contributed by atoms with Gasteiger partial charge in [0.2, 0.25) is 0 Å². The Morgan fingerprint density at radius 2 is 0.607 bits per heavy atom. The van der Waals surface area contributed by atoms with E-state index in [4.69, 9.17) is 0 Å². The lowest BCUT2D eigenvalue weighted by Crippen LogP contribution is -2.26. The fraction of sp³-hybridized carbons (Fsp3) is 0.140. The first-order valence-electron chi connectivity index (χ1n) is 40.9. The molecule has 122 heavy (non-hydrogen) atoms. The van der Waals surface area contributed by atoms with Crippen molar-refractivity contribution in [1.29, 1.82) is 0 Å². The van der Waals surface area contributed by atoms with Gasteiger partial charge in [0.25, 0.3) is 0 Å². The topological polar surface area (TPSA) is 129 Å². The Morgan fingerprint density at radius 1 is 0.213 bits per heavy atom. The van der Waals surface area contributed by atoms with Crippen LogP contribution in [0.2, 0.25) is 0 Å². The monoisotopic (exact) mass is 1670 g/mol. The summed E-state index contributed by atoms with van der Waals surface area (Å²) in [5, 5.41) is 10.5. The fourth-order valence-corrected chi connectivity index (χ4v) is 21.7. The van der Waals surface area contributed by atoms with Gasteiger partial charge in [0.1, 0.15) is 16.5 Å². The van der Waals surface area contributed by atoms with Crippen LogP contribution in [0.5, 0.6) is 0 Å². The van der Waals surface area contributed by atoms with E-state index in [2.05, 4.69) is 311 Å². The number of aromatic nitrogens is 10. The maximum absolute atomic E-state index is 4.62. The quantitative estimate of drug-likeness (QED) is 0.165. The number of benzene rings is 10. The zero-order valence-electron chi connectivity index (χ0n) is 70.6. The van der Waals surface area contributed by atoms with Crippen LogP contribution in [0.3, 0.4) is 0 Å². The summed E-state index contributed by atoms with van der Waals surface area (Å²) in [6, 6.07) is 89.2. The molecule has 0 saturated heterocycles. The van der Waals surface area contributed by atoms with Crippen molar-refractivity contribution in [2.75, 3.05) is 0 Å². The van der Waals surface area contributed by atoms with Crippen LogP contribution >= 0.6 is 56.7 Å². The number of fused-ring (bicyclic) bond motifs is 25. The molecule has 2 aliphatic carbocycles. The molecular weight excluding hydrogens is 1590 g/mol. The molecule has 0 amide bonds. The molecule has 22 aromatic rings. The molecule has 0 aliphatic heterocycles. The highest BCUT2D eigenvalue weighted by Gasteiger charge is 2.51. The lowest BCUT2D eigenvalue weighted by Gasteiger charge is -2.30. The van der Waals surface area contributed by atoms with Crippen LogP contribution in [-0.4, -0.2) is 49.8 Å². The van der Waals surface area contributed by atoms with Gasteiger partial charge in [-0.15, -0.1) is 56.7 Å². The summed E-state index contributed by atoms with van der Waals surface area (Å²) in [6.45, 7) is 29.0. The fourth-order valence-electron chi connectivity index (χ4n) is 16.7. The third-order valence-electron chi connectivity index (χ3n) is 22.3. The highest BCUT2D eigenvalue weighted by Crippen LogP contribution is 2.63. The molecule has 0 bridgehead atoms. The number of nitrogens with zero attached hydrogens (tertiary/aromatic N) is 10. The van der Waals surface area contributed by atoms with E-state index in [0.29, 0.717) is 0 Å². The number of thiophene rings is 5. The summed E-state index contributed by atoms with van der Waals surface area (Å²) >= 11 is 8.91. The summed E-state index contributed by atoms with van der Waals surface area (Å²) in [4.78, 5) is 45.4. The Balaban J connectivity index is 0.0000000985. The molecule has 15 heteroatoms. The molecule has 10 aromatic carbocycles. The van der Waals surface area contributed by atoms with Crippen LogP contribution in [0.15, 0.2) is 280 Å². The zero-order chi connectivity index (χ0) is 84.2. The van der Waals surface area contributed by atoms with E-state index in [1.54, 1.807) is 34.0 Å². The standard InChI is InChI=1S/C27H20.C17H15N3.3C13H11NS.2C12H10N2S/c1-17-11-13-21-22-14-12-18(2)16-26(22)27(25(21)15-17)23-9-5-3-7-19(23)20-8-4-6-10-24(20)27;1-12-7-6-10-15(11-12)17-19-13(2)18-16(20-17)14-8-4-3-5-9-14;1-8-3-5-11-10(7-8)13-12(15-11)6-4-9(2)14-13;1-8-3-4-12-10(5-8)11-6-9(2)14-7-13(11)15-12;1-8-3-4-12-10(5-8)11-6-9(2)7-14-13(11)15-12;1-7-3-9-10-4-8(2)14-6-12(10)15-11(9)5-13-7;1-7-3-4-10-9(5-7)12-11(15-10)6-13-8(2)14-12/h3-16H,1-2H3;3-11H,1-2H3;3*3-7H,1-2H3;2*3-6H,1-2H3. The number of pyridine rings is 5. The van der Waals surface area contributed by atoms with Crippen molar-refractivity contribution in [3.63, 3.8) is 0 Å². The molecule has 0 unspecified atom stereocenters. The van der Waals surface area contributed by atoms with E-state index < -0.39 is 0 Å². The van der Waals surface area contributed by atoms with Crippen molar-refractivity contribution >= 4 is 158 Å². The number of hydrogen-bond donors (Lipinski definition) is 0. The van der Waals surface area contributed by atoms with Crippen molar-refractivity contribution in [2.24, 2.45) is 0 Å². The minimum atomic E-state index is -0.199. The van der Waals surface area contributed by atoms with Gasteiger partial charge in [0, 0.05) is 127 Å². The van der Waals surface area contributed by atoms with Gasteiger partial charge >= 0.3 is 0 Å². The molecule has 2 aliphatic rings. The lowest BCUT2D eigenvalue weighted by atomic mass is 9.70. The first-order chi connectivity index (χ1) is 59.1. The van der Waals surface area contributed by atoms with Gasteiger partial charge in [-0.1, -0.05) is 197 Å². The second-order valence-electron chi connectivity index (χ2n) is 32.0. The van der Waals surface area contributed by atoms with Gasteiger partial charge < -0.3 is 0 Å². The third-order valence-corrected chi connectivity index (χ3v) is 27.9. The normalized spacial score (nSPS) is 11.9. The predicted octanol–water partition coefficient (Wildman–Crippen LogP) is 29.6. The Hall–Kier alpha value is -12.9. The van der Waals surface area contributed by atoms with Gasteiger partial charge in [-0.25, -0.2) is 29.9 Å². The van der Waals surface area contributed by atoms with Crippen LogP contribution in [0, 0.1) is 96.9 Å². The first-order valence-corrected chi connectivity index (χ1v) is 45.0. The molecule has 0 fully saturated rings. The van der Waals surface area contributed by atoms with Crippen LogP contribution < -0.4 is 0 Å². The SMILES string of the molecule is Cc1cc2c(cn1)sc1cnc(C)cc12.Cc1ccc2c(c1)C1(c3ccccc3-c3ccccc31)c1cc(C)ccc1-2.Cc1ccc2sc3ccc(C)nc3c2c1.Cc1ccc2sc3cnc(C)cc3c2c1.Cc1ccc2sc3cnc(C)nc3c2c1.Cc1ccc2sc3ncc(C)cc3c2c1.Cc1cccc(-c2nc(C)nc(-c3ccccc3)n2)c1. The van der Waals surface area contributed by atoms with Gasteiger partial charge in [-0.3, -0.25) is 19.9 Å². The van der Waals surface area contributed by atoms with E-state index >= 15 is 0 Å². The Kier molecular flexibility index (Phi) is 22.1. The van der Waals surface area contributed by atoms with Gasteiger partial charge in [0.05, 0.1) is 39.9 Å². The van der Waals surface area contributed by atoms with E-state index in [1.165, 1.54) is 174 Å². The van der Waals surface area contributed by atoms with Crippen LogP contribution in [0.4, 0.5) is 0 Å². The summed E-state index contributed by atoms with van der Waals surface area (Å²) in [5.74, 6) is 3.01. The average Bonchev–Trinajstić information content (AvgIpc) is 1.51. The average molecular weight is 1670 g/mol. The van der Waals surface area contributed by atoms with Gasteiger partial charge in [-0.2, -0.15) is 0 Å². The van der Waals surface area contributed by atoms with Gasteiger partial charge in [0.15, 0.2) is 11.6 Å². The van der Waals surface area contributed by atoms with Crippen molar-refractivity contribution in [3.8, 4) is 45.0 Å². The van der Waals surface area contributed by atoms with Crippen LogP contribution in [0.1, 0.15) is 101 Å². The molecule has 1 spiro atoms. The Morgan fingerprint density at radius 3 is 1.16 bits per heavy atom. The van der Waals surface area contributed by atoms with Gasteiger partial charge in [-0.05, 0) is 238 Å². The largest absolute Gasteiger partial charge is 0.260 e. The summed E-state index contributed by atoms with van der Waals surface area (Å²) in [5.41, 5.74) is 29.8. The van der Waals surface area contributed by atoms with Crippen molar-refractivity contribution < 1.29 is 0 Å². The molecule has 0 radical (unpaired) electrons. The smallest absolute Gasteiger partial charge is 0.163 e. The highest BCUT2D eigenvalue weighted by atomic mass is 32.1. The minimum absolute atomic E-state index is 0.199. The first kappa shape index (κ1) is 80.2. The van der Waals surface area contributed by atoms with Crippen LogP contribution in [0.25, 0.3) is 146 Å². The maximum atomic E-state index is 4.62. The minimum Gasteiger partial charge on any atom is -0.260 e. The molecule has 12 aromatic heterocycles. The second kappa shape index (κ2) is 33.6. The molecule has 0 N–H and O–H groups in total. The summed E-state index contributed by atoms with van der Waals surface area (Å²) in [6.07, 6.45) is 9.72. The van der Waals surface area contributed by atoms with Crippen LogP contribution in [-0.2, 0) is 5.41 Å². The molecule has 24 rings (SSSR count). The van der Waals surface area contributed by atoms with Crippen molar-refractivity contribution in [2.45, 2.75) is 102 Å². The number of rotatable bonds is 2. The molecule has 596 valence electrons. The molecule has 0 atom stereocenters. The number of hydrogen-bond acceptors (Lipinski definition) is 15. The molecule has 10 nitrogen and oxygen atoms in total. The second-order valence-corrected chi connectivity index (χ2v) is 37.3. The Labute approximate surface area is 730 Å². The van der Waals surface area contributed by atoms with E-state index in [1.807, 2.05) is 138 Å². The van der Waals surface area contributed by atoms with E-state index in [-0.39, 0.29) is 5.41 Å². The lowest BCUT2D eigenvalue weighted by molar-refractivity contribution is 0.791. The predicted molar refractivity (Wildman–Crippen MR) is 521 cm³/mol.